The number of halogens is 2. The monoisotopic (exact) mass is 419 g/mol. The number of benzene rings is 2. The molecule has 0 N–H and O–H groups in total. The molecule has 0 unspecified atom stereocenters. The molecule has 1 amide bonds. The summed E-state index contributed by atoms with van der Waals surface area (Å²) in [6, 6.07) is 12.3. The third kappa shape index (κ3) is 5.92. The highest BCUT2D eigenvalue weighted by Crippen LogP contribution is 2.23. The average molecular weight is 420 g/mol. The molecule has 5 nitrogen and oxygen atoms in total. The summed E-state index contributed by atoms with van der Waals surface area (Å²) in [5, 5.41) is 0.645. The van der Waals surface area contributed by atoms with Crippen LogP contribution in [0.1, 0.15) is 11.1 Å². The molecule has 0 radical (unpaired) electrons. The maximum absolute atomic E-state index is 13.8. The van der Waals surface area contributed by atoms with Crippen LogP contribution in [0.3, 0.4) is 0 Å². The third-order valence-corrected chi connectivity index (χ3v) is 5.40. The first-order chi connectivity index (χ1) is 14.0. The lowest BCUT2D eigenvalue weighted by Crippen LogP contribution is -2.50. The Bertz CT molecular complexity index is 841. The molecule has 0 atom stereocenters. The predicted molar refractivity (Wildman–Crippen MR) is 113 cm³/mol. The second kappa shape index (κ2) is 10.1. The minimum absolute atomic E-state index is 0.0963. The van der Waals surface area contributed by atoms with Crippen LogP contribution in [0, 0.1) is 5.82 Å². The van der Waals surface area contributed by atoms with Gasteiger partial charge < -0.3 is 9.64 Å². The lowest BCUT2D eigenvalue weighted by molar-refractivity contribution is -0.134. The average Bonchev–Trinajstić information content (AvgIpc) is 2.70. The number of carbonyl (C=O) groups is 1. The largest absolute Gasteiger partial charge is 0.496 e. The van der Waals surface area contributed by atoms with Crippen LogP contribution in [0.4, 0.5) is 4.39 Å². The van der Waals surface area contributed by atoms with E-state index in [9.17, 15) is 9.18 Å². The van der Waals surface area contributed by atoms with Gasteiger partial charge in [0.2, 0.25) is 5.91 Å². The summed E-state index contributed by atoms with van der Waals surface area (Å²) in [6.07, 6.45) is 0. The SMILES string of the molecule is COc1ccc(Cl)cc1CN(C)CC(=O)N1CCN(Cc2ccccc2F)CC1. The van der Waals surface area contributed by atoms with Crippen LogP contribution in [-0.2, 0) is 17.9 Å². The number of piperazine rings is 1. The van der Waals surface area contributed by atoms with E-state index in [-0.39, 0.29) is 11.7 Å². The number of ether oxygens (including phenoxy) is 1. The standard InChI is InChI=1S/C22H27ClFN3O2/c1-25(14-18-13-19(23)7-8-21(18)29-2)16-22(28)27-11-9-26(10-12-27)15-17-5-3-4-6-20(17)24/h3-8,13H,9-12,14-16H2,1-2H3. The lowest BCUT2D eigenvalue weighted by atomic mass is 10.2. The minimum Gasteiger partial charge on any atom is -0.496 e. The molecule has 1 saturated heterocycles. The summed E-state index contributed by atoms with van der Waals surface area (Å²) in [5.41, 5.74) is 1.65. The van der Waals surface area contributed by atoms with E-state index in [1.54, 1.807) is 19.2 Å². The Morgan fingerprint density at radius 1 is 1.14 bits per heavy atom. The molecule has 3 rings (SSSR count). The zero-order chi connectivity index (χ0) is 20.8. The van der Waals surface area contributed by atoms with Crippen LogP contribution in [-0.4, -0.2) is 67.5 Å². The second-order valence-electron chi connectivity index (χ2n) is 7.38. The van der Waals surface area contributed by atoms with E-state index in [2.05, 4.69) is 4.90 Å². The van der Waals surface area contributed by atoms with E-state index in [0.717, 1.165) is 24.4 Å². The number of hydrogen-bond acceptors (Lipinski definition) is 4. The number of methoxy groups -OCH3 is 1. The molecule has 1 fully saturated rings. The van der Waals surface area contributed by atoms with Crippen molar-refractivity contribution in [3.63, 3.8) is 0 Å². The molecule has 0 saturated carbocycles. The van der Waals surface area contributed by atoms with Crippen LogP contribution in [0.5, 0.6) is 5.75 Å². The van der Waals surface area contributed by atoms with Crippen molar-refractivity contribution >= 4 is 17.5 Å². The number of carbonyl (C=O) groups excluding carboxylic acids is 1. The van der Waals surface area contributed by atoms with Gasteiger partial charge in [-0.3, -0.25) is 14.6 Å². The Morgan fingerprint density at radius 2 is 1.86 bits per heavy atom. The Labute approximate surface area is 176 Å². The van der Waals surface area contributed by atoms with Crippen molar-refractivity contribution in [2.45, 2.75) is 13.1 Å². The van der Waals surface area contributed by atoms with Gasteiger partial charge in [-0.05, 0) is 31.3 Å². The van der Waals surface area contributed by atoms with Gasteiger partial charge >= 0.3 is 0 Å². The van der Waals surface area contributed by atoms with Gasteiger partial charge in [-0.15, -0.1) is 0 Å². The van der Waals surface area contributed by atoms with Crippen molar-refractivity contribution in [2.24, 2.45) is 0 Å². The van der Waals surface area contributed by atoms with Crippen molar-refractivity contribution in [3.05, 3.63) is 64.4 Å². The number of hydrogen-bond donors (Lipinski definition) is 0. The number of amides is 1. The van der Waals surface area contributed by atoms with E-state index >= 15 is 0 Å². The van der Waals surface area contributed by atoms with Gasteiger partial charge in [0.25, 0.3) is 0 Å². The first kappa shape index (κ1) is 21.6. The highest BCUT2D eigenvalue weighted by molar-refractivity contribution is 6.30. The van der Waals surface area contributed by atoms with Crippen LogP contribution in [0.2, 0.25) is 5.02 Å². The number of likely N-dealkylation sites (N-methyl/N-ethyl adjacent to an activating group) is 1. The zero-order valence-electron chi connectivity index (χ0n) is 16.9. The van der Waals surface area contributed by atoms with E-state index in [1.807, 2.05) is 41.1 Å². The molecule has 29 heavy (non-hydrogen) atoms. The molecular formula is C22H27ClFN3O2. The smallest absolute Gasteiger partial charge is 0.236 e. The quantitative estimate of drug-likeness (QED) is 0.690. The van der Waals surface area contributed by atoms with Gasteiger partial charge in [0.15, 0.2) is 0 Å². The van der Waals surface area contributed by atoms with Crippen molar-refractivity contribution in [1.82, 2.24) is 14.7 Å². The van der Waals surface area contributed by atoms with Gasteiger partial charge in [0.05, 0.1) is 13.7 Å². The topological polar surface area (TPSA) is 36.0 Å². The Balaban J connectivity index is 1.48. The summed E-state index contributed by atoms with van der Waals surface area (Å²) in [4.78, 5) is 18.7. The van der Waals surface area contributed by atoms with Gasteiger partial charge in [-0.1, -0.05) is 29.8 Å². The molecular weight excluding hydrogens is 393 g/mol. The Hall–Kier alpha value is -2.15. The van der Waals surface area contributed by atoms with Crippen LogP contribution >= 0.6 is 11.6 Å². The first-order valence-corrected chi connectivity index (χ1v) is 10.1. The molecule has 2 aromatic rings. The summed E-state index contributed by atoms with van der Waals surface area (Å²) in [5.74, 6) is 0.679. The first-order valence-electron chi connectivity index (χ1n) is 9.70. The molecule has 156 valence electrons. The molecule has 0 spiro atoms. The lowest BCUT2D eigenvalue weighted by Gasteiger charge is -2.35. The van der Waals surface area contributed by atoms with Crippen molar-refractivity contribution in [3.8, 4) is 5.75 Å². The number of nitrogens with zero attached hydrogens (tertiary/aromatic N) is 3. The minimum atomic E-state index is -0.177. The highest BCUT2D eigenvalue weighted by atomic mass is 35.5. The summed E-state index contributed by atoms with van der Waals surface area (Å²) in [7, 11) is 3.53. The van der Waals surface area contributed by atoms with E-state index in [0.29, 0.717) is 43.3 Å². The maximum Gasteiger partial charge on any atom is 0.236 e. The molecule has 1 heterocycles. The summed E-state index contributed by atoms with van der Waals surface area (Å²) < 4.78 is 19.2. The van der Waals surface area contributed by atoms with E-state index in [4.69, 9.17) is 16.3 Å². The molecule has 7 heteroatoms. The van der Waals surface area contributed by atoms with Crippen molar-refractivity contribution in [2.75, 3.05) is 46.9 Å². The molecule has 1 aliphatic heterocycles. The fourth-order valence-electron chi connectivity index (χ4n) is 3.57. The fraction of sp³-hybridized carbons (Fsp3) is 0.409. The van der Waals surface area contributed by atoms with E-state index < -0.39 is 0 Å². The van der Waals surface area contributed by atoms with Crippen LogP contribution in [0.25, 0.3) is 0 Å². The van der Waals surface area contributed by atoms with E-state index in [1.165, 1.54) is 6.07 Å². The Kier molecular flexibility index (Phi) is 7.47. The predicted octanol–water partition coefficient (Wildman–Crippen LogP) is 3.26. The molecule has 0 bridgehead atoms. The molecule has 2 aromatic carbocycles. The van der Waals surface area contributed by atoms with Crippen LogP contribution < -0.4 is 4.74 Å². The second-order valence-corrected chi connectivity index (χ2v) is 7.81. The van der Waals surface area contributed by atoms with Gasteiger partial charge in [-0.2, -0.15) is 0 Å². The normalized spacial score (nSPS) is 15.0. The van der Waals surface area contributed by atoms with Crippen molar-refractivity contribution in [1.29, 1.82) is 0 Å². The summed E-state index contributed by atoms with van der Waals surface area (Å²) >= 11 is 6.09. The third-order valence-electron chi connectivity index (χ3n) is 5.16. The molecule has 0 aromatic heterocycles. The summed E-state index contributed by atoms with van der Waals surface area (Å²) in [6.45, 7) is 4.26. The van der Waals surface area contributed by atoms with Gasteiger partial charge in [0, 0.05) is 55.4 Å². The number of rotatable bonds is 7. The zero-order valence-corrected chi connectivity index (χ0v) is 17.7. The highest BCUT2D eigenvalue weighted by Gasteiger charge is 2.22. The van der Waals surface area contributed by atoms with Gasteiger partial charge in [-0.25, -0.2) is 4.39 Å². The molecule has 1 aliphatic rings. The Morgan fingerprint density at radius 3 is 2.55 bits per heavy atom. The maximum atomic E-state index is 13.8. The van der Waals surface area contributed by atoms with Crippen LogP contribution in [0.15, 0.2) is 42.5 Å². The van der Waals surface area contributed by atoms with Crippen molar-refractivity contribution < 1.29 is 13.9 Å². The fourth-order valence-corrected chi connectivity index (χ4v) is 3.77. The van der Waals surface area contributed by atoms with Gasteiger partial charge in [0.1, 0.15) is 11.6 Å². The molecule has 0 aliphatic carbocycles.